The summed E-state index contributed by atoms with van der Waals surface area (Å²) in [6, 6.07) is 9.49. The van der Waals surface area contributed by atoms with E-state index in [1.807, 2.05) is 30.3 Å². The first-order valence-corrected chi connectivity index (χ1v) is 9.25. The smallest absolute Gasteiger partial charge is 0.410 e. The van der Waals surface area contributed by atoms with Gasteiger partial charge in [-0.25, -0.2) is 4.79 Å². The van der Waals surface area contributed by atoms with Crippen LogP contribution in [0.25, 0.3) is 0 Å². The van der Waals surface area contributed by atoms with Gasteiger partial charge in [0.1, 0.15) is 12.4 Å². The normalized spacial score (nSPS) is 20.9. The molecule has 1 aliphatic heterocycles. The molecule has 0 radical (unpaired) electrons. The zero-order valence-electron chi connectivity index (χ0n) is 14.2. The molecular weight excluding hydrogens is 326 g/mol. The van der Waals surface area contributed by atoms with Gasteiger partial charge in [0.25, 0.3) is 0 Å². The minimum Gasteiger partial charge on any atom is -0.445 e. The van der Waals surface area contributed by atoms with E-state index in [2.05, 4.69) is 6.92 Å². The van der Waals surface area contributed by atoms with Gasteiger partial charge >= 0.3 is 6.09 Å². The van der Waals surface area contributed by atoms with Gasteiger partial charge in [-0.2, -0.15) is 0 Å². The number of carbonyl (C=O) groups is 2. The molecule has 0 bridgehead atoms. The van der Waals surface area contributed by atoms with Crippen LogP contribution in [0.15, 0.2) is 30.3 Å². The summed E-state index contributed by atoms with van der Waals surface area (Å²) >= 11 is 5.80. The first-order valence-electron chi connectivity index (χ1n) is 8.72. The second-order valence-electron chi connectivity index (χ2n) is 6.32. The van der Waals surface area contributed by atoms with Crippen LogP contribution in [0.1, 0.15) is 51.0 Å². The Morgan fingerprint density at radius 2 is 1.88 bits per heavy atom. The molecule has 1 amide bonds. The lowest BCUT2D eigenvalue weighted by atomic mass is 9.90. The fraction of sp³-hybridized carbons (Fsp3) is 0.579. The minimum absolute atomic E-state index is 0.0557. The fourth-order valence-electron chi connectivity index (χ4n) is 3.32. The standard InChI is InChI=1S/C19H26ClNO3/c1-2-7-16-12-18(22)13-17(10-6-11-20)21(16)19(23)24-14-15-8-4-3-5-9-15/h3-5,8-9,16-17H,2,6-7,10-14H2,1H3/t16-,17-/m0/s1. The number of rotatable bonds is 7. The lowest BCUT2D eigenvalue weighted by Crippen LogP contribution is -2.52. The van der Waals surface area contributed by atoms with Crippen molar-refractivity contribution in [1.82, 2.24) is 4.90 Å². The quantitative estimate of drug-likeness (QED) is 0.677. The highest BCUT2D eigenvalue weighted by Gasteiger charge is 2.37. The number of nitrogens with zero attached hydrogens (tertiary/aromatic N) is 1. The van der Waals surface area contributed by atoms with E-state index in [0.717, 1.165) is 31.2 Å². The van der Waals surface area contributed by atoms with E-state index in [1.54, 1.807) is 4.90 Å². The number of amides is 1. The monoisotopic (exact) mass is 351 g/mol. The highest BCUT2D eigenvalue weighted by molar-refractivity contribution is 6.17. The zero-order chi connectivity index (χ0) is 17.4. The first-order chi connectivity index (χ1) is 11.7. The van der Waals surface area contributed by atoms with Crippen molar-refractivity contribution in [3.63, 3.8) is 0 Å². The lowest BCUT2D eigenvalue weighted by Gasteiger charge is -2.40. The van der Waals surface area contributed by atoms with Gasteiger partial charge in [0, 0.05) is 30.8 Å². The van der Waals surface area contributed by atoms with Gasteiger partial charge in [0.05, 0.1) is 0 Å². The van der Waals surface area contributed by atoms with Gasteiger partial charge in [-0.05, 0) is 24.8 Å². The third-order valence-electron chi connectivity index (χ3n) is 4.42. The van der Waals surface area contributed by atoms with Crippen LogP contribution in [0.4, 0.5) is 4.79 Å². The number of halogens is 1. The molecule has 1 aromatic carbocycles. The van der Waals surface area contributed by atoms with E-state index in [9.17, 15) is 9.59 Å². The molecule has 0 aliphatic carbocycles. The molecule has 24 heavy (non-hydrogen) atoms. The molecule has 5 heteroatoms. The Morgan fingerprint density at radius 1 is 1.21 bits per heavy atom. The van der Waals surface area contributed by atoms with E-state index in [0.29, 0.717) is 18.7 Å². The minimum atomic E-state index is -0.315. The Hall–Kier alpha value is -1.55. The van der Waals surface area contributed by atoms with Crippen molar-refractivity contribution in [2.45, 2.75) is 64.1 Å². The number of hydrogen-bond acceptors (Lipinski definition) is 3. The number of alkyl halides is 1. The fourth-order valence-corrected chi connectivity index (χ4v) is 3.48. The van der Waals surface area contributed by atoms with Crippen molar-refractivity contribution in [2.75, 3.05) is 5.88 Å². The average Bonchev–Trinajstić information content (AvgIpc) is 2.58. The zero-order valence-corrected chi connectivity index (χ0v) is 15.0. The van der Waals surface area contributed by atoms with Crippen molar-refractivity contribution in [3.8, 4) is 0 Å². The van der Waals surface area contributed by atoms with Gasteiger partial charge in [-0.3, -0.25) is 4.79 Å². The molecule has 1 aromatic rings. The molecule has 1 saturated heterocycles. The van der Waals surface area contributed by atoms with Crippen LogP contribution in [0.5, 0.6) is 0 Å². The molecule has 132 valence electrons. The van der Waals surface area contributed by atoms with Crippen LogP contribution in [-0.4, -0.2) is 34.7 Å². The molecule has 1 heterocycles. The number of ether oxygens (including phenoxy) is 1. The molecule has 0 aromatic heterocycles. The SMILES string of the molecule is CCC[C@H]1CC(=O)C[C@H](CCCCl)N1C(=O)OCc1ccccc1. The highest BCUT2D eigenvalue weighted by Crippen LogP contribution is 2.28. The number of ketones is 1. The predicted molar refractivity (Wildman–Crippen MR) is 95.1 cm³/mol. The van der Waals surface area contributed by atoms with E-state index >= 15 is 0 Å². The lowest BCUT2D eigenvalue weighted by molar-refractivity contribution is -0.125. The number of carbonyl (C=O) groups excluding carboxylic acids is 2. The van der Waals surface area contributed by atoms with Crippen LogP contribution in [0.2, 0.25) is 0 Å². The maximum Gasteiger partial charge on any atom is 0.410 e. The van der Waals surface area contributed by atoms with Crippen molar-refractivity contribution < 1.29 is 14.3 Å². The third kappa shape index (κ3) is 5.23. The molecule has 0 spiro atoms. The van der Waals surface area contributed by atoms with E-state index in [-0.39, 0.29) is 30.6 Å². The maximum absolute atomic E-state index is 12.7. The van der Waals surface area contributed by atoms with E-state index in [4.69, 9.17) is 16.3 Å². The molecule has 0 N–H and O–H groups in total. The van der Waals surface area contributed by atoms with Gasteiger partial charge in [0.15, 0.2) is 0 Å². The molecule has 4 nitrogen and oxygen atoms in total. The van der Waals surface area contributed by atoms with Gasteiger partial charge < -0.3 is 9.64 Å². The number of likely N-dealkylation sites (tertiary alicyclic amines) is 1. The summed E-state index contributed by atoms with van der Waals surface area (Å²) in [7, 11) is 0. The highest BCUT2D eigenvalue weighted by atomic mass is 35.5. The van der Waals surface area contributed by atoms with Crippen molar-refractivity contribution >= 4 is 23.5 Å². The number of benzene rings is 1. The molecule has 0 unspecified atom stereocenters. The summed E-state index contributed by atoms with van der Waals surface area (Å²) in [6.45, 7) is 2.32. The van der Waals surface area contributed by atoms with Crippen LogP contribution in [0, 0.1) is 0 Å². The molecular formula is C19H26ClNO3. The van der Waals surface area contributed by atoms with Crippen LogP contribution in [-0.2, 0) is 16.1 Å². The predicted octanol–water partition coefficient (Wildman–Crippen LogP) is 4.54. The molecule has 2 atom stereocenters. The van der Waals surface area contributed by atoms with E-state index < -0.39 is 0 Å². The van der Waals surface area contributed by atoms with Gasteiger partial charge in [0.2, 0.25) is 0 Å². The second kappa shape index (κ2) is 9.67. The van der Waals surface area contributed by atoms with Crippen molar-refractivity contribution in [2.24, 2.45) is 0 Å². The van der Waals surface area contributed by atoms with Crippen LogP contribution < -0.4 is 0 Å². The van der Waals surface area contributed by atoms with Crippen molar-refractivity contribution in [3.05, 3.63) is 35.9 Å². The van der Waals surface area contributed by atoms with Crippen molar-refractivity contribution in [1.29, 1.82) is 0 Å². The van der Waals surface area contributed by atoms with Crippen LogP contribution in [0.3, 0.4) is 0 Å². The summed E-state index contributed by atoms with van der Waals surface area (Å²) in [6.07, 6.45) is 3.83. The number of hydrogen-bond donors (Lipinski definition) is 0. The third-order valence-corrected chi connectivity index (χ3v) is 4.69. The summed E-state index contributed by atoms with van der Waals surface area (Å²) < 4.78 is 5.53. The van der Waals surface area contributed by atoms with E-state index in [1.165, 1.54) is 0 Å². The van der Waals surface area contributed by atoms with Gasteiger partial charge in [-0.15, -0.1) is 11.6 Å². The Kier molecular flexibility index (Phi) is 7.57. The molecule has 1 aliphatic rings. The molecule has 1 fully saturated rings. The Bertz CT molecular complexity index is 535. The summed E-state index contributed by atoms with van der Waals surface area (Å²) in [5.41, 5.74) is 0.961. The summed E-state index contributed by atoms with van der Waals surface area (Å²) in [4.78, 5) is 26.6. The summed E-state index contributed by atoms with van der Waals surface area (Å²) in [5, 5.41) is 0. The maximum atomic E-state index is 12.7. The average molecular weight is 352 g/mol. The molecule has 2 rings (SSSR count). The second-order valence-corrected chi connectivity index (χ2v) is 6.70. The largest absolute Gasteiger partial charge is 0.445 e. The Labute approximate surface area is 149 Å². The number of piperidine rings is 1. The van der Waals surface area contributed by atoms with Crippen LogP contribution >= 0.6 is 11.6 Å². The van der Waals surface area contributed by atoms with Gasteiger partial charge in [-0.1, -0.05) is 43.7 Å². The number of Topliss-reactive ketones (excluding diaryl/α,β-unsaturated/α-hetero) is 1. The Balaban J connectivity index is 2.06. The topological polar surface area (TPSA) is 46.6 Å². The first kappa shape index (κ1) is 18.8. The Morgan fingerprint density at radius 3 is 2.50 bits per heavy atom. The molecule has 0 saturated carbocycles. The summed E-state index contributed by atoms with van der Waals surface area (Å²) in [5.74, 6) is 0.774.